The molecule has 0 heterocycles. The minimum absolute atomic E-state index is 0.00979. The Morgan fingerprint density at radius 1 is 1.36 bits per heavy atom. The second-order valence-corrected chi connectivity index (χ2v) is 4.23. The molecule has 1 rings (SSSR count). The van der Waals surface area contributed by atoms with Crippen LogP contribution in [0.2, 0.25) is 0 Å². The van der Waals surface area contributed by atoms with Crippen LogP contribution in [0.25, 0.3) is 0 Å². The molecule has 14 heavy (non-hydrogen) atoms. The van der Waals surface area contributed by atoms with E-state index in [1.54, 1.807) is 7.11 Å². The van der Waals surface area contributed by atoms with Crippen molar-refractivity contribution in [3.8, 4) is 0 Å². The second kappa shape index (κ2) is 4.01. The molecule has 0 saturated carbocycles. The molecule has 2 heteroatoms. The molecule has 0 radical (unpaired) electrons. The first-order valence-electron chi connectivity index (χ1n) is 4.87. The van der Waals surface area contributed by atoms with Crippen molar-refractivity contribution in [1.29, 1.82) is 0 Å². The van der Waals surface area contributed by atoms with Gasteiger partial charge in [0, 0.05) is 18.2 Å². The summed E-state index contributed by atoms with van der Waals surface area (Å²) in [5, 5.41) is 0. The zero-order valence-electron chi connectivity index (χ0n) is 9.37. The van der Waals surface area contributed by atoms with Crippen LogP contribution < -0.4 is 5.73 Å². The highest BCUT2D eigenvalue weighted by molar-refractivity contribution is 5.43. The third kappa shape index (κ3) is 2.07. The Labute approximate surface area is 86.1 Å². The lowest BCUT2D eigenvalue weighted by molar-refractivity contribution is 0.0608. The van der Waals surface area contributed by atoms with Gasteiger partial charge in [-0.15, -0.1) is 0 Å². The Hall–Kier alpha value is -1.02. The fraction of sp³-hybridized carbons (Fsp3) is 0.500. The largest absolute Gasteiger partial charge is 0.399 e. The lowest BCUT2D eigenvalue weighted by Crippen LogP contribution is -2.32. The highest BCUT2D eigenvalue weighted by Gasteiger charge is 2.27. The molecule has 0 aliphatic rings. The minimum Gasteiger partial charge on any atom is -0.399 e. The Kier molecular flexibility index (Phi) is 3.17. The molecule has 0 spiro atoms. The summed E-state index contributed by atoms with van der Waals surface area (Å²) >= 11 is 0. The monoisotopic (exact) mass is 193 g/mol. The van der Waals surface area contributed by atoms with E-state index < -0.39 is 0 Å². The molecule has 1 aromatic rings. The van der Waals surface area contributed by atoms with E-state index in [0.717, 1.165) is 5.69 Å². The number of nitrogen functional groups attached to an aromatic ring is 1. The molecule has 0 saturated heterocycles. The smallest absolute Gasteiger partial charge is 0.0634 e. The zero-order valence-corrected chi connectivity index (χ0v) is 9.37. The van der Waals surface area contributed by atoms with Gasteiger partial charge in [0.25, 0.3) is 0 Å². The average Bonchev–Trinajstić information content (AvgIpc) is 2.16. The van der Waals surface area contributed by atoms with E-state index in [1.807, 2.05) is 18.2 Å². The van der Waals surface area contributed by atoms with Crippen molar-refractivity contribution in [2.24, 2.45) is 0 Å². The molecular weight excluding hydrogens is 174 g/mol. The maximum atomic E-state index is 5.76. The Morgan fingerprint density at radius 3 is 2.50 bits per heavy atom. The first-order valence-corrected chi connectivity index (χ1v) is 4.87. The Morgan fingerprint density at radius 2 is 2.00 bits per heavy atom. The van der Waals surface area contributed by atoms with Crippen LogP contribution in [0.5, 0.6) is 0 Å². The molecule has 0 fully saturated rings. The van der Waals surface area contributed by atoms with Gasteiger partial charge in [-0.2, -0.15) is 0 Å². The van der Waals surface area contributed by atoms with Crippen LogP contribution in [-0.4, -0.2) is 13.2 Å². The first-order chi connectivity index (χ1) is 6.48. The van der Waals surface area contributed by atoms with Crippen molar-refractivity contribution in [3.05, 3.63) is 29.8 Å². The van der Waals surface area contributed by atoms with Gasteiger partial charge in [-0.1, -0.05) is 26.0 Å². The number of ether oxygens (including phenoxy) is 1. The van der Waals surface area contributed by atoms with Gasteiger partial charge in [-0.25, -0.2) is 0 Å². The second-order valence-electron chi connectivity index (χ2n) is 4.23. The number of methoxy groups -OCH3 is 1. The van der Waals surface area contributed by atoms with Crippen LogP contribution in [-0.2, 0) is 10.2 Å². The van der Waals surface area contributed by atoms with E-state index in [9.17, 15) is 0 Å². The molecule has 2 N–H and O–H groups in total. The van der Waals surface area contributed by atoms with Crippen molar-refractivity contribution in [2.75, 3.05) is 12.8 Å². The van der Waals surface area contributed by atoms with Gasteiger partial charge < -0.3 is 10.5 Å². The van der Waals surface area contributed by atoms with E-state index in [0.29, 0.717) is 0 Å². The van der Waals surface area contributed by atoms with Crippen LogP contribution in [0, 0.1) is 0 Å². The molecular formula is C12H19NO. The number of nitrogens with two attached hydrogens (primary N) is 1. The van der Waals surface area contributed by atoms with E-state index in [1.165, 1.54) is 5.56 Å². The first kappa shape index (κ1) is 11.1. The standard InChI is InChI=1S/C12H19NO/c1-9(14-4)12(2,3)10-6-5-7-11(13)8-10/h5-9H,13H2,1-4H3. The third-order valence-corrected chi connectivity index (χ3v) is 3.00. The number of hydrogen-bond acceptors (Lipinski definition) is 2. The fourth-order valence-corrected chi connectivity index (χ4v) is 1.47. The predicted molar refractivity (Wildman–Crippen MR) is 60.4 cm³/mol. The minimum atomic E-state index is -0.00979. The molecule has 78 valence electrons. The Balaban J connectivity index is 3.03. The average molecular weight is 193 g/mol. The van der Waals surface area contributed by atoms with E-state index >= 15 is 0 Å². The summed E-state index contributed by atoms with van der Waals surface area (Å²) in [4.78, 5) is 0. The van der Waals surface area contributed by atoms with Gasteiger partial charge in [0.05, 0.1) is 6.10 Å². The van der Waals surface area contributed by atoms with Crippen molar-refractivity contribution in [1.82, 2.24) is 0 Å². The third-order valence-electron chi connectivity index (χ3n) is 3.00. The number of anilines is 1. The van der Waals surface area contributed by atoms with Gasteiger partial charge in [-0.3, -0.25) is 0 Å². The zero-order chi connectivity index (χ0) is 10.8. The molecule has 1 atom stereocenters. The molecule has 0 aliphatic carbocycles. The van der Waals surface area contributed by atoms with Crippen molar-refractivity contribution in [2.45, 2.75) is 32.3 Å². The van der Waals surface area contributed by atoms with Crippen LogP contribution in [0.15, 0.2) is 24.3 Å². The summed E-state index contributed by atoms with van der Waals surface area (Å²) in [5.74, 6) is 0. The lowest BCUT2D eigenvalue weighted by atomic mass is 9.80. The number of rotatable bonds is 3. The summed E-state index contributed by atoms with van der Waals surface area (Å²) in [6, 6.07) is 7.98. The fourth-order valence-electron chi connectivity index (χ4n) is 1.47. The van der Waals surface area contributed by atoms with Crippen molar-refractivity contribution in [3.63, 3.8) is 0 Å². The van der Waals surface area contributed by atoms with E-state index in [-0.39, 0.29) is 11.5 Å². The van der Waals surface area contributed by atoms with Gasteiger partial charge in [0.2, 0.25) is 0 Å². The van der Waals surface area contributed by atoms with Crippen LogP contribution >= 0.6 is 0 Å². The van der Waals surface area contributed by atoms with Gasteiger partial charge in [0.1, 0.15) is 0 Å². The summed E-state index contributed by atoms with van der Waals surface area (Å²) in [6.45, 7) is 6.40. The van der Waals surface area contributed by atoms with Crippen LogP contribution in [0.4, 0.5) is 5.69 Å². The summed E-state index contributed by atoms with van der Waals surface area (Å²) in [5.41, 5.74) is 7.77. The molecule has 1 aromatic carbocycles. The van der Waals surface area contributed by atoms with Gasteiger partial charge in [-0.05, 0) is 24.6 Å². The normalized spacial score (nSPS) is 14.0. The molecule has 0 amide bonds. The molecule has 0 aliphatic heterocycles. The number of hydrogen-bond donors (Lipinski definition) is 1. The van der Waals surface area contributed by atoms with Crippen LogP contribution in [0.1, 0.15) is 26.3 Å². The van der Waals surface area contributed by atoms with E-state index in [4.69, 9.17) is 10.5 Å². The quantitative estimate of drug-likeness (QED) is 0.749. The molecule has 0 aromatic heterocycles. The summed E-state index contributed by atoms with van der Waals surface area (Å²) in [6.07, 6.45) is 0.171. The molecule has 0 bridgehead atoms. The highest BCUT2D eigenvalue weighted by Crippen LogP contribution is 2.29. The van der Waals surface area contributed by atoms with Gasteiger partial charge >= 0.3 is 0 Å². The van der Waals surface area contributed by atoms with E-state index in [2.05, 4.69) is 26.8 Å². The lowest BCUT2D eigenvalue weighted by Gasteiger charge is -2.31. The molecule has 1 unspecified atom stereocenters. The number of benzene rings is 1. The predicted octanol–water partition coefficient (Wildman–Crippen LogP) is 2.58. The molecule has 2 nitrogen and oxygen atoms in total. The SMILES string of the molecule is COC(C)C(C)(C)c1cccc(N)c1. The summed E-state index contributed by atoms with van der Waals surface area (Å²) in [7, 11) is 1.73. The Bertz CT molecular complexity index is 307. The highest BCUT2D eigenvalue weighted by atomic mass is 16.5. The van der Waals surface area contributed by atoms with Gasteiger partial charge in [0.15, 0.2) is 0 Å². The van der Waals surface area contributed by atoms with Crippen LogP contribution in [0.3, 0.4) is 0 Å². The maximum Gasteiger partial charge on any atom is 0.0634 e. The maximum absolute atomic E-state index is 5.76. The topological polar surface area (TPSA) is 35.2 Å². The van der Waals surface area contributed by atoms with Crippen molar-refractivity contribution >= 4 is 5.69 Å². The summed E-state index contributed by atoms with van der Waals surface area (Å²) < 4.78 is 5.37. The van der Waals surface area contributed by atoms with Crippen molar-refractivity contribution < 1.29 is 4.74 Å².